The molecule has 0 bridgehead atoms. The van der Waals surface area contributed by atoms with Gasteiger partial charge < -0.3 is 16.0 Å². The van der Waals surface area contributed by atoms with E-state index in [1.165, 1.54) is 12.8 Å². The van der Waals surface area contributed by atoms with Gasteiger partial charge in [-0.05, 0) is 44.0 Å². The fourth-order valence-electron chi connectivity index (χ4n) is 2.49. The van der Waals surface area contributed by atoms with Gasteiger partial charge in [0, 0.05) is 25.0 Å². The van der Waals surface area contributed by atoms with Gasteiger partial charge >= 0.3 is 0 Å². The minimum Gasteiger partial charge on any atom is -0.371 e. The summed E-state index contributed by atoms with van der Waals surface area (Å²) in [4.78, 5) is 17.4. The van der Waals surface area contributed by atoms with Crippen LogP contribution in [0.3, 0.4) is 0 Å². The van der Waals surface area contributed by atoms with Gasteiger partial charge in [-0.25, -0.2) is 0 Å². The molecule has 0 unspecified atom stereocenters. The van der Waals surface area contributed by atoms with E-state index < -0.39 is 5.91 Å². The van der Waals surface area contributed by atoms with E-state index >= 15 is 0 Å². The Morgan fingerprint density at radius 2 is 2.26 bits per heavy atom. The lowest BCUT2D eigenvalue weighted by molar-refractivity contribution is 0.0995. The van der Waals surface area contributed by atoms with Crippen LogP contribution in [0.1, 0.15) is 30.3 Å². The quantitative estimate of drug-likeness (QED) is 0.830. The number of pyridine rings is 1. The Kier molecular flexibility index (Phi) is 4.74. The lowest BCUT2D eigenvalue weighted by Gasteiger charge is -2.33. The van der Waals surface area contributed by atoms with Crippen molar-refractivity contribution in [2.45, 2.75) is 19.8 Å². The third kappa shape index (κ3) is 3.67. The number of piperidine rings is 1. The number of carbonyl (C=O) groups is 1. The first-order valence-electron chi connectivity index (χ1n) is 6.92. The van der Waals surface area contributed by atoms with Gasteiger partial charge in [-0.1, -0.05) is 6.92 Å². The first-order chi connectivity index (χ1) is 9.20. The van der Waals surface area contributed by atoms with Crippen molar-refractivity contribution < 1.29 is 4.79 Å². The van der Waals surface area contributed by atoms with Gasteiger partial charge in [-0.3, -0.25) is 9.78 Å². The van der Waals surface area contributed by atoms with Gasteiger partial charge in [0.25, 0.3) is 5.91 Å². The summed E-state index contributed by atoms with van der Waals surface area (Å²) in [5, 5.41) is 3.41. The Balaban J connectivity index is 1.94. The summed E-state index contributed by atoms with van der Waals surface area (Å²) in [6, 6.07) is 3.73. The fourth-order valence-corrected chi connectivity index (χ4v) is 2.49. The van der Waals surface area contributed by atoms with E-state index in [1.54, 1.807) is 12.3 Å². The Morgan fingerprint density at radius 1 is 1.53 bits per heavy atom. The van der Waals surface area contributed by atoms with Crippen LogP contribution in [-0.2, 0) is 0 Å². The second-order valence-electron chi connectivity index (χ2n) is 5.00. The van der Waals surface area contributed by atoms with Crippen LogP contribution >= 0.6 is 0 Å². The summed E-state index contributed by atoms with van der Waals surface area (Å²) in [6.07, 6.45) is 4.02. The van der Waals surface area contributed by atoms with Gasteiger partial charge in [-0.2, -0.15) is 0 Å². The second-order valence-corrected chi connectivity index (χ2v) is 5.00. The van der Waals surface area contributed by atoms with E-state index in [9.17, 15) is 4.79 Å². The summed E-state index contributed by atoms with van der Waals surface area (Å²) in [7, 11) is 0. The molecule has 0 aromatic carbocycles. The van der Waals surface area contributed by atoms with Crippen LogP contribution in [0.25, 0.3) is 0 Å². The molecule has 1 saturated heterocycles. The normalized spacial score (nSPS) is 16.6. The number of carbonyl (C=O) groups excluding carboxylic acids is 1. The molecule has 1 aliphatic rings. The minimum atomic E-state index is -0.469. The molecule has 1 aromatic heterocycles. The standard InChI is InChI=1S/C14H22N4O/c1-2-16-10-11-4-7-18(8-5-11)12-3-6-17-13(9-12)14(15)19/h3,6,9,11,16H,2,4-5,7-8,10H2,1H3,(H2,15,19). The average Bonchev–Trinajstić information content (AvgIpc) is 2.46. The molecule has 2 heterocycles. The van der Waals surface area contributed by atoms with E-state index in [1.807, 2.05) is 6.07 Å². The molecule has 2 rings (SSSR count). The summed E-state index contributed by atoms with van der Waals surface area (Å²) in [5.41, 5.74) is 6.65. The Hall–Kier alpha value is -1.62. The Bertz CT molecular complexity index is 427. The number of nitrogens with two attached hydrogens (primary N) is 1. The lowest BCUT2D eigenvalue weighted by Crippen LogP contribution is -2.37. The van der Waals surface area contributed by atoms with Crippen molar-refractivity contribution in [1.82, 2.24) is 10.3 Å². The number of hydrogen-bond acceptors (Lipinski definition) is 4. The highest BCUT2D eigenvalue weighted by atomic mass is 16.1. The number of hydrogen-bond donors (Lipinski definition) is 2. The van der Waals surface area contributed by atoms with Gasteiger partial charge in [0.15, 0.2) is 0 Å². The molecule has 1 aliphatic heterocycles. The minimum absolute atomic E-state index is 0.340. The molecule has 5 nitrogen and oxygen atoms in total. The summed E-state index contributed by atoms with van der Waals surface area (Å²) in [5.74, 6) is 0.289. The SMILES string of the molecule is CCNCC1CCN(c2ccnc(C(N)=O)c2)CC1. The molecule has 5 heteroatoms. The third-order valence-electron chi connectivity index (χ3n) is 3.66. The van der Waals surface area contributed by atoms with Crippen molar-refractivity contribution in [3.05, 3.63) is 24.0 Å². The molecule has 0 aliphatic carbocycles. The maximum atomic E-state index is 11.1. The largest absolute Gasteiger partial charge is 0.371 e. The third-order valence-corrected chi connectivity index (χ3v) is 3.66. The molecule has 0 saturated carbocycles. The number of primary amides is 1. The van der Waals surface area contributed by atoms with E-state index in [-0.39, 0.29) is 0 Å². The van der Waals surface area contributed by atoms with Crippen molar-refractivity contribution in [2.75, 3.05) is 31.1 Å². The molecule has 0 spiro atoms. The molecular weight excluding hydrogens is 240 g/mol. The summed E-state index contributed by atoms with van der Waals surface area (Å²) < 4.78 is 0. The maximum absolute atomic E-state index is 11.1. The molecule has 1 aromatic rings. The van der Waals surface area contributed by atoms with E-state index in [2.05, 4.69) is 22.1 Å². The maximum Gasteiger partial charge on any atom is 0.267 e. The summed E-state index contributed by atoms with van der Waals surface area (Å²) >= 11 is 0. The zero-order chi connectivity index (χ0) is 13.7. The van der Waals surface area contributed by atoms with Crippen LogP contribution in [-0.4, -0.2) is 37.1 Å². The number of nitrogens with zero attached hydrogens (tertiary/aromatic N) is 2. The molecular formula is C14H22N4O. The lowest BCUT2D eigenvalue weighted by atomic mass is 9.96. The first-order valence-corrected chi connectivity index (χ1v) is 6.92. The topological polar surface area (TPSA) is 71.2 Å². The summed E-state index contributed by atoms with van der Waals surface area (Å²) in [6.45, 7) is 6.33. The van der Waals surface area contributed by atoms with Gasteiger partial charge in [0.05, 0.1) is 0 Å². The second kappa shape index (κ2) is 6.52. The monoisotopic (exact) mass is 262 g/mol. The molecule has 0 atom stereocenters. The van der Waals surface area contributed by atoms with Gasteiger partial charge in [0.2, 0.25) is 0 Å². The molecule has 3 N–H and O–H groups in total. The molecule has 1 fully saturated rings. The fraction of sp³-hybridized carbons (Fsp3) is 0.571. The number of nitrogens with one attached hydrogen (secondary N) is 1. The van der Waals surface area contributed by atoms with Crippen LogP contribution in [0.4, 0.5) is 5.69 Å². The zero-order valence-electron chi connectivity index (χ0n) is 11.4. The zero-order valence-corrected chi connectivity index (χ0v) is 11.4. The molecule has 0 radical (unpaired) electrons. The smallest absolute Gasteiger partial charge is 0.267 e. The predicted octanol–water partition coefficient (Wildman–Crippen LogP) is 1.01. The van der Waals surface area contributed by atoms with Crippen LogP contribution in [0.5, 0.6) is 0 Å². The number of amides is 1. The van der Waals surface area contributed by atoms with Crippen LogP contribution < -0.4 is 16.0 Å². The van der Waals surface area contributed by atoms with Crippen LogP contribution in [0.2, 0.25) is 0 Å². The number of aromatic nitrogens is 1. The van der Waals surface area contributed by atoms with Crippen LogP contribution in [0, 0.1) is 5.92 Å². The predicted molar refractivity (Wildman–Crippen MR) is 76.2 cm³/mol. The first kappa shape index (κ1) is 13.8. The highest BCUT2D eigenvalue weighted by Gasteiger charge is 2.19. The van der Waals surface area contributed by atoms with Crippen molar-refractivity contribution in [3.8, 4) is 0 Å². The highest BCUT2D eigenvalue weighted by molar-refractivity contribution is 5.91. The van der Waals surface area contributed by atoms with Gasteiger partial charge in [0.1, 0.15) is 5.69 Å². The van der Waals surface area contributed by atoms with Crippen molar-refractivity contribution in [3.63, 3.8) is 0 Å². The van der Waals surface area contributed by atoms with Crippen LogP contribution in [0.15, 0.2) is 18.3 Å². The number of rotatable bonds is 5. The van der Waals surface area contributed by atoms with Crippen molar-refractivity contribution in [1.29, 1.82) is 0 Å². The highest BCUT2D eigenvalue weighted by Crippen LogP contribution is 2.23. The molecule has 1 amide bonds. The van der Waals surface area contributed by atoms with E-state index in [0.29, 0.717) is 5.69 Å². The Labute approximate surface area is 114 Å². The van der Waals surface area contributed by atoms with E-state index in [0.717, 1.165) is 37.8 Å². The molecule has 104 valence electrons. The Morgan fingerprint density at radius 3 is 2.89 bits per heavy atom. The average molecular weight is 262 g/mol. The van der Waals surface area contributed by atoms with Gasteiger partial charge in [-0.15, -0.1) is 0 Å². The van der Waals surface area contributed by atoms with Crippen molar-refractivity contribution in [2.24, 2.45) is 11.7 Å². The van der Waals surface area contributed by atoms with E-state index in [4.69, 9.17) is 5.73 Å². The molecule has 19 heavy (non-hydrogen) atoms. The van der Waals surface area contributed by atoms with Crippen molar-refractivity contribution >= 4 is 11.6 Å². The number of anilines is 1.